The van der Waals surface area contributed by atoms with Gasteiger partial charge in [-0.15, -0.1) is 0 Å². The first-order valence-electron chi connectivity index (χ1n) is 30.1. The van der Waals surface area contributed by atoms with Gasteiger partial charge in [0.1, 0.15) is 0 Å². The molecule has 88 heavy (non-hydrogen) atoms. The SMILES string of the molecule is c1ccc(-n2c3ccccc3c3cc(-c4ccc5c(c4)c4ccccc4n5-c4ccc5cc(-c6nc(-n7c8ccccc8c8cc(-c9ccc%10c(c9)c9ccccc9n%10-c9ccccc9)ccc87)nc7c6ccc6ccccc67)ccc5c4)ccc32)cc1. The molecule has 0 aliphatic carbocycles. The zero-order chi connectivity index (χ0) is 57.6. The Hall–Kier alpha value is -11.9. The highest BCUT2D eigenvalue weighted by atomic mass is 15.2. The van der Waals surface area contributed by atoms with Crippen LogP contribution in [0.25, 0.3) is 176 Å². The summed E-state index contributed by atoms with van der Waals surface area (Å²) in [7, 11) is 0. The summed E-state index contributed by atoms with van der Waals surface area (Å²) in [6.45, 7) is 0. The van der Waals surface area contributed by atoms with E-state index in [4.69, 9.17) is 9.97 Å². The van der Waals surface area contributed by atoms with Gasteiger partial charge in [0.15, 0.2) is 0 Å². The molecule has 0 aliphatic heterocycles. The lowest BCUT2D eigenvalue weighted by atomic mass is 9.99. The first-order chi connectivity index (χ1) is 43.6. The van der Waals surface area contributed by atoms with E-state index >= 15 is 0 Å². The number of hydrogen-bond donors (Lipinski definition) is 0. The normalized spacial score (nSPS) is 12.1. The number of benzene rings is 14. The second-order valence-corrected chi connectivity index (χ2v) is 23.3. The van der Waals surface area contributed by atoms with Gasteiger partial charge in [0, 0.05) is 76.5 Å². The predicted molar refractivity (Wildman–Crippen MR) is 368 cm³/mol. The number of nitrogens with zero attached hydrogens (tertiary/aromatic N) is 6. The summed E-state index contributed by atoms with van der Waals surface area (Å²) in [5, 5.41) is 15.2. The Morgan fingerprint density at radius 3 is 1.06 bits per heavy atom. The molecule has 0 bridgehead atoms. The fourth-order valence-corrected chi connectivity index (χ4v) is 14.5. The summed E-state index contributed by atoms with van der Waals surface area (Å²) in [4.78, 5) is 11.2. The molecule has 0 atom stereocenters. The third-order valence-corrected chi connectivity index (χ3v) is 18.5. The molecule has 0 amide bonds. The highest BCUT2D eigenvalue weighted by molar-refractivity contribution is 6.16. The van der Waals surface area contributed by atoms with Gasteiger partial charge in [0.2, 0.25) is 5.95 Å². The van der Waals surface area contributed by atoms with Gasteiger partial charge < -0.3 is 13.7 Å². The van der Waals surface area contributed by atoms with E-state index in [1.54, 1.807) is 0 Å². The molecule has 19 rings (SSSR count). The Bertz CT molecular complexity index is 6120. The van der Waals surface area contributed by atoms with Crippen molar-refractivity contribution in [1.29, 1.82) is 0 Å². The maximum atomic E-state index is 5.64. The number of rotatable bonds is 7. The maximum absolute atomic E-state index is 5.64. The third-order valence-electron chi connectivity index (χ3n) is 18.5. The zero-order valence-corrected chi connectivity index (χ0v) is 47.6. The fourth-order valence-electron chi connectivity index (χ4n) is 14.5. The lowest BCUT2D eigenvalue weighted by molar-refractivity contribution is 1.02. The molecule has 5 heterocycles. The molecule has 0 fully saturated rings. The van der Waals surface area contributed by atoms with E-state index in [0.29, 0.717) is 5.95 Å². The fraction of sp³-hybridized carbons (Fsp3) is 0. The molecule has 0 unspecified atom stereocenters. The average molecular weight is 1120 g/mol. The molecule has 6 heteroatoms. The van der Waals surface area contributed by atoms with Gasteiger partial charge in [-0.05, 0) is 160 Å². The predicted octanol–water partition coefficient (Wildman–Crippen LogP) is 21.3. The quantitative estimate of drug-likeness (QED) is 0.149. The largest absolute Gasteiger partial charge is 0.309 e. The molecule has 0 N–H and O–H groups in total. The van der Waals surface area contributed by atoms with Gasteiger partial charge in [-0.1, -0.05) is 182 Å². The van der Waals surface area contributed by atoms with Crippen molar-refractivity contribution in [2.75, 3.05) is 0 Å². The number of para-hydroxylation sites is 6. The van der Waals surface area contributed by atoms with Crippen LogP contribution in [0, 0.1) is 0 Å². The minimum absolute atomic E-state index is 0.633. The van der Waals surface area contributed by atoms with Crippen LogP contribution in [0.3, 0.4) is 0 Å². The van der Waals surface area contributed by atoms with Crippen LogP contribution in [-0.4, -0.2) is 28.2 Å². The van der Waals surface area contributed by atoms with E-state index in [1.807, 2.05) is 0 Å². The van der Waals surface area contributed by atoms with Gasteiger partial charge in [-0.3, -0.25) is 4.57 Å². The minimum atomic E-state index is 0.633. The zero-order valence-electron chi connectivity index (χ0n) is 47.6. The maximum Gasteiger partial charge on any atom is 0.235 e. The summed E-state index contributed by atoms with van der Waals surface area (Å²) in [6, 6.07) is 111. The van der Waals surface area contributed by atoms with Crippen molar-refractivity contribution in [3.63, 3.8) is 0 Å². The summed E-state index contributed by atoms with van der Waals surface area (Å²) >= 11 is 0. The van der Waals surface area contributed by atoms with Crippen LogP contribution in [0.5, 0.6) is 0 Å². The summed E-state index contributed by atoms with van der Waals surface area (Å²) in [5.41, 5.74) is 20.2. The molecule has 0 radical (unpaired) electrons. The van der Waals surface area contributed by atoms with E-state index in [1.165, 1.54) is 82.1 Å². The number of aromatic nitrogens is 6. The molecule has 0 spiro atoms. The van der Waals surface area contributed by atoms with Gasteiger partial charge >= 0.3 is 0 Å². The van der Waals surface area contributed by atoms with Gasteiger partial charge in [-0.2, -0.15) is 0 Å². The average Bonchev–Trinajstić information content (AvgIpc) is 1.85. The van der Waals surface area contributed by atoms with Crippen molar-refractivity contribution in [3.8, 4) is 56.5 Å². The monoisotopic (exact) mass is 1120 g/mol. The van der Waals surface area contributed by atoms with Crippen molar-refractivity contribution in [2.45, 2.75) is 0 Å². The van der Waals surface area contributed by atoms with Crippen LogP contribution >= 0.6 is 0 Å². The van der Waals surface area contributed by atoms with Gasteiger partial charge in [0.25, 0.3) is 0 Å². The topological polar surface area (TPSA) is 45.5 Å². The number of fused-ring (bicyclic) bond motifs is 16. The second kappa shape index (κ2) is 18.8. The van der Waals surface area contributed by atoms with Crippen LogP contribution in [0.1, 0.15) is 0 Å². The van der Waals surface area contributed by atoms with E-state index < -0.39 is 0 Å². The van der Waals surface area contributed by atoms with Crippen molar-refractivity contribution < 1.29 is 0 Å². The standard InChI is InChI=1S/C82H50N6/c1-3-18-59(19-4-1)85-72-27-13-9-23-63(72)68-47-54(35-41-76(68)85)56-37-43-78-70(49-56)65-25-11-15-29-74(65)87(78)61-39-33-52-45-58(32-31-53(52)46-61)80-67-40-34-51-17-7-8-22-62(51)81(67)84-82(83-80)88-75-30-16-12-26-66(75)71-50-57(38-44-79(71)88)55-36-42-77-69(48-55)64-24-10-14-28-73(64)86(77)60-20-5-2-6-21-60/h1-50H. The second-order valence-electron chi connectivity index (χ2n) is 23.3. The van der Waals surface area contributed by atoms with Crippen LogP contribution in [0.4, 0.5) is 0 Å². The van der Waals surface area contributed by atoms with Crippen molar-refractivity contribution in [3.05, 3.63) is 303 Å². The number of hydrogen-bond acceptors (Lipinski definition) is 2. The highest BCUT2D eigenvalue weighted by Crippen LogP contribution is 2.43. The Morgan fingerprint density at radius 1 is 0.193 bits per heavy atom. The van der Waals surface area contributed by atoms with Crippen molar-refractivity contribution >= 4 is 120 Å². The molecule has 0 saturated carbocycles. The molecule has 0 saturated heterocycles. The summed E-state index contributed by atoms with van der Waals surface area (Å²) in [6.07, 6.45) is 0. The molecule has 6 nitrogen and oxygen atoms in total. The Morgan fingerprint density at radius 2 is 0.557 bits per heavy atom. The van der Waals surface area contributed by atoms with Crippen molar-refractivity contribution in [2.24, 2.45) is 0 Å². The molecular weight excluding hydrogens is 1070 g/mol. The molecule has 19 aromatic rings. The first kappa shape index (κ1) is 48.5. The van der Waals surface area contributed by atoms with Gasteiger partial charge in [0.05, 0.1) is 55.3 Å². The molecule has 5 aromatic heterocycles. The smallest absolute Gasteiger partial charge is 0.235 e. The Labute approximate surface area is 504 Å². The van der Waals surface area contributed by atoms with Crippen LogP contribution < -0.4 is 0 Å². The molecular formula is C82H50N6. The lowest BCUT2D eigenvalue weighted by Gasteiger charge is -2.14. The summed E-state index contributed by atoms with van der Waals surface area (Å²) < 4.78 is 9.44. The lowest BCUT2D eigenvalue weighted by Crippen LogP contribution is -2.04. The van der Waals surface area contributed by atoms with E-state index in [0.717, 1.165) is 88.1 Å². The van der Waals surface area contributed by atoms with E-state index in [2.05, 4.69) is 322 Å². The van der Waals surface area contributed by atoms with Crippen LogP contribution in [0.15, 0.2) is 303 Å². The third kappa shape index (κ3) is 7.23. The summed E-state index contributed by atoms with van der Waals surface area (Å²) in [5.74, 6) is 0.633. The minimum Gasteiger partial charge on any atom is -0.309 e. The Balaban J connectivity index is 0.721. The Kier molecular flexibility index (Phi) is 10.4. The van der Waals surface area contributed by atoms with Crippen LogP contribution in [0.2, 0.25) is 0 Å². The van der Waals surface area contributed by atoms with Crippen LogP contribution in [-0.2, 0) is 0 Å². The molecule has 408 valence electrons. The first-order valence-corrected chi connectivity index (χ1v) is 30.1. The highest BCUT2D eigenvalue weighted by Gasteiger charge is 2.22. The molecule has 0 aliphatic rings. The van der Waals surface area contributed by atoms with E-state index in [-0.39, 0.29) is 0 Å². The van der Waals surface area contributed by atoms with Gasteiger partial charge in [-0.25, -0.2) is 9.97 Å². The van der Waals surface area contributed by atoms with E-state index in [9.17, 15) is 0 Å². The van der Waals surface area contributed by atoms with Crippen molar-refractivity contribution in [1.82, 2.24) is 28.2 Å². The molecule has 14 aromatic carbocycles.